The molecule has 156 valence electrons. The van der Waals surface area contributed by atoms with E-state index in [2.05, 4.69) is 10.0 Å². The summed E-state index contributed by atoms with van der Waals surface area (Å²) in [6.07, 6.45) is 5.57. The van der Waals surface area contributed by atoms with Crippen LogP contribution in [0.15, 0.2) is 47.4 Å². The molecule has 0 saturated heterocycles. The van der Waals surface area contributed by atoms with Crippen molar-refractivity contribution >= 4 is 21.6 Å². The summed E-state index contributed by atoms with van der Waals surface area (Å²) >= 11 is 0. The van der Waals surface area contributed by atoms with Gasteiger partial charge in [0.15, 0.2) is 6.61 Å². The molecule has 0 unspecified atom stereocenters. The molecule has 2 aromatic rings. The van der Waals surface area contributed by atoms with E-state index in [0.717, 1.165) is 36.8 Å². The molecule has 1 amide bonds. The average Bonchev–Trinajstić information content (AvgIpc) is 2.66. The first kappa shape index (κ1) is 21.2. The van der Waals surface area contributed by atoms with Gasteiger partial charge >= 0.3 is 0 Å². The summed E-state index contributed by atoms with van der Waals surface area (Å²) < 4.78 is 33.3. The zero-order valence-electron chi connectivity index (χ0n) is 16.9. The largest absolute Gasteiger partial charge is 0.484 e. The topological polar surface area (TPSA) is 84.5 Å². The Kier molecular flexibility index (Phi) is 6.79. The van der Waals surface area contributed by atoms with Gasteiger partial charge in [-0.05, 0) is 74.2 Å². The minimum atomic E-state index is -3.70. The van der Waals surface area contributed by atoms with Gasteiger partial charge in [-0.25, -0.2) is 8.42 Å². The van der Waals surface area contributed by atoms with Gasteiger partial charge in [0.1, 0.15) is 5.75 Å². The van der Waals surface area contributed by atoms with E-state index in [1.54, 1.807) is 24.3 Å². The average molecular weight is 417 g/mol. The Hall–Kier alpha value is -2.54. The first-order valence-electron chi connectivity index (χ1n) is 9.95. The lowest BCUT2D eigenvalue weighted by Gasteiger charge is -2.22. The van der Waals surface area contributed by atoms with Crippen molar-refractivity contribution < 1.29 is 17.9 Å². The van der Waals surface area contributed by atoms with Gasteiger partial charge in [-0.3, -0.25) is 9.52 Å². The van der Waals surface area contributed by atoms with Crippen LogP contribution < -0.4 is 14.8 Å². The monoisotopic (exact) mass is 416 g/mol. The number of carbonyl (C=O) groups is 1. The number of nitrogens with one attached hydrogen (secondary N) is 2. The van der Waals surface area contributed by atoms with E-state index in [4.69, 9.17) is 4.74 Å². The SMILES string of the molecule is Cc1cc(C)cc(NS(=O)(=O)c2ccc(OCC(=O)NC3CCCCC3)cc2)c1. The summed E-state index contributed by atoms with van der Waals surface area (Å²) in [6.45, 7) is 3.76. The molecule has 0 radical (unpaired) electrons. The third kappa shape index (κ3) is 6.22. The van der Waals surface area contributed by atoms with Crippen LogP contribution >= 0.6 is 0 Å². The Balaban J connectivity index is 1.56. The highest BCUT2D eigenvalue weighted by Crippen LogP contribution is 2.21. The molecule has 0 aliphatic heterocycles. The third-order valence-corrected chi connectivity index (χ3v) is 6.35. The molecule has 29 heavy (non-hydrogen) atoms. The smallest absolute Gasteiger partial charge is 0.261 e. The molecule has 0 spiro atoms. The van der Waals surface area contributed by atoms with Crippen molar-refractivity contribution in [1.82, 2.24) is 5.32 Å². The molecule has 2 aromatic carbocycles. The Morgan fingerprint density at radius 2 is 1.62 bits per heavy atom. The summed E-state index contributed by atoms with van der Waals surface area (Å²) in [5, 5.41) is 2.99. The number of rotatable bonds is 7. The van der Waals surface area contributed by atoms with Crippen LogP contribution in [0.4, 0.5) is 5.69 Å². The second-order valence-electron chi connectivity index (χ2n) is 7.64. The number of sulfonamides is 1. The van der Waals surface area contributed by atoms with Crippen LogP contribution in [0.1, 0.15) is 43.2 Å². The van der Waals surface area contributed by atoms with Crippen LogP contribution in [-0.4, -0.2) is 27.0 Å². The lowest BCUT2D eigenvalue weighted by molar-refractivity contribution is -0.124. The van der Waals surface area contributed by atoms with Gasteiger partial charge in [0.25, 0.3) is 15.9 Å². The lowest BCUT2D eigenvalue weighted by Crippen LogP contribution is -2.38. The van der Waals surface area contributed by atoms with Crippen LogP contribution in [0.3, 0.4) is 0 Å². The van der Waals surface area contributed by atoms with Gasteiger partial charge in [-0.1, -0.05) is 25.3 Å². The number of aryl methyl sites for hydroxylation is 2. The molecule has 3 rings (SSSR count). The van der Waals surface area contributed by atoms with Crippen molar-refractivity contribution in [3.63, 3.8) is 0 Å². The number of amides is 1. The minimum Gasteiger partial charge on any atom is -0.484 e. The van der Waals surface area contributed by atoms with Crippen LogP contribution in [0.25, 0.3) is 0 Å². The summed E-state index contributed by atoms with van der Waals surface area (Å²) in [5.41, 5.74) is 2.50. The molecule has 0 bridgehead atoms. The standard InChI is InChI=1S/C22H28N2O4S/c1-16-12-17(2)14-19(13-16)24-29(26,27)21-10-8-20(9-11-21)28-15-22(25)23-18-6-4-3-5-7-18/h8-14,18,24H,3-7,15H2,1-2H3,(H,23,25). The van der Waals surface area contributed by atoms with Crippen molar-refractivity contribution in [2.24, 2.45) is 0 Å². The molecule has 2 N–H and O–H groups in total. The van der Waals surface area contributed by atoms with Gasteiger partial charge in [0.2, 0.25) is 0 Å². The van der Waals surface area contributed by atoms with Crippen LogP contribution in [0, 0.1) is 13.8 Å². The molecule has 7 heteroatoms. The van der Waals surface area contributed by atoms with E-state index in [0.29, 0.717) is 11.4 Å². The van der Waals surface area contributed by atoms with Crippen LogP contribution in [-0.2, 0) is 14.8 Å². The highest BCUT2D eigenvalue weighted by molar-refractivity contribution is 7.92. The van der Waals surface area contributed by atoms with Crippen molar-refractivity contribution in [2.75, 3.05) is 11.3 Å². The first-order chi connectivity index (χ1) is 13.8. The second kappa shape index (κ2) is 9.31. The highest BCUT2D eigenvalue weighted by Gasteiger charge is 2.17. The van der Waals surface area contributed by atoms with E-state index < -0.39 is 10.0 Å². The quantitative estimate of drug-likeness (QED) is 0.716. The Morgan fingerprint density at radius 1 is 1.00 bits per heavy atom. The predicted octanol–water partition coefficient (Wildman–Crippen LogP) is 3.93. The number of ether oxygens (including phenoxy) is 1. The van der Waals surface area contributed by atoms with Crippen molar-refractivity contribution in [3.8, 4) is 5.75 Å². The number of anilines is 1. The van der Waals surface area contributed by atoms with Crippen LogP contribution in [0.5, 0.6) is 5.75 Å². The Bertz CT molecular complexity index is 929. The van der Waals surface area contributed by atoms with E-state index in [9.17, 15) is 13.2 Å². The molecular formula is C22H28N2O4S. The number of carbonyl (C=O) groups excluding carboxylic acids is 1. The molecule has 0 heterocycles. The number of benzene rings is 2. The van der Waals surface area contributed by atoms with Crippen molar-refractivity contribution in [3.05, 3.63) is 53.6 Å². The van der Waals surface area contributed by atoms with Crippen LogP contribution in [0.2, 0.25) is 0 Å². The minimum absolute atomic E-state index is 0.0799. The number of hydrogen-bond acceptors (Lipinski definition) is 4. The van der Waals surface area contributed by atoms with E-state index >= 15 is 0 Å². The van der Waals surface area contributed by atoms with E-state index in [1.807, 2.05) is 19.9 Å². The molecule has 0 aromatic heterocycles. The maximum atomic E-state index is 12.6. The van der Waals surface area contributed by atoms with E-state index in [1.165, 1.54) is 18.6 Å². The molecule has 6 nitrogen and oxygen atoms in total. The summed E-state index contributed by atoms with van der Waals surface area (Å²) in [5.74, 6) is 0.305. The lowest BCUT2D eigenvalue weighted by atomic mass is 9.95. The van der Waals surface area contributed by atoms with Gasteiger partial charge in [-0.2, -0.15) is 0 Å². The molecule has 0 atom stereocenters. The maximum Gasteiger partial charge on any atom is 0.261 e. The van der Waals surface area contributed by atoms with Gasteiger partial charge < -0.3 is 10.1 Å². The normalized spacial score (nSPS) is 15.0. The van der Waals surface area contributed by atoms with Gasteiger partial charge in [-0.15, -0.1) is 0 Å². The molecular weight excluding hydrogens is 388 g/mol. The first-order valence-corrected chi connectivity index (χ1v) is 11.4. The fraction of sp³-hybridized carbons (Fsp3) is 0.409. The zero-order valence-corrected chi connectivity index (χ0v) is 17.7. The molecule has 1 aliphatic rings. The van der Waals surface area contributed by atoms with E-state index in [-0.39, 0.29) is 23.5 Å². The number of hydrogen-bond donors (Lipinski definition) is 2. The summed E-state index contributed by atoms with van der Waals surface area (Å²) in [4.78, 5) is 12.2. The fourth-order valence-electron chi connectivity index (χ4n) is 3.63. The van der Waals surface area contributed by atoms with Crippen molar-refractivity contribution in [2.45, 2.75) is 56.9 Å². The van der Waals surface area contributed by atoms with Gasteiger partial charge in [0, 0.05) is 11.7 Å². The molecule has 1 aliphatic carbocycles. The predicted molar refractivity (Wildman–Crippen MR) is 114 cm³/mol. The highest BCUT2D eigenvalue weighted by atomic mass is 32.2. The summed E-state index contributed by atoms with van der Waals surface area (Å²) in [6, 6.07) is 11.9. The zero-order chi connectivity index (χ0) is 20.9. The molecule has 1 saturated carbocycles. The maximum absolute atomic E-state index is 12.6. The Labute approximate surface area is 172 Å². The second-order valence-corrected chi connectivity index (χ2v) is 9.33. The van der Waals surface area contributed by atoms with Crippen molar-refractivity contribution in [1.29, 1.82) is 0 Å². The Morgan fingerprint density at radius 3 is 2.24 bits per heavy atom. The molecule has 1 fully saturated rings. The fourth-order valence-corrected chi connectivity index (χ4v) is 4.67. The third-order valence-electron chi connectivity index (χ3n) is 4.95. The summed E-state index contributed by atoms with van der Waals surface area (Å²) in [7, 11) is -3.70. The van der Waals surface area contributed by atoms with Gasteiger partial charge in [0.05, 0.1) is 4.90 Å².